The van der Waals surface area contributed by atoms with Gasteiger partial charge in [0.1, 0.15) is 10.8 Å². The summed E-state index contributed by atoms with van der Waals surface area (Å²) in [5.74, 6) is 0.363. The molecule has 5 nitrogen and oxygen atoms in total. The molecule has 0 bridgehead atoms. The molecule has 1 unspecified atom stereocenters. The first kappa shape index (κ1) is 21.6. The van der Waals surface area contributed by atoms with Gasteiger partial charge in [-0.15, -0.1) is 11.3 Å². The molecule has 0 spiro atoms. The van der Waals surface area contributed by atoms with Crippen molar-refractivity contribution in [3.63, 3.8) is 0 Å². The molecule has 1 aliphatic rings. The number of carbonyl (C=O) groups excluding carboxylic acids is 2. The first-order valence-electron chi connectivity index (χ1n) is 9.59. The standard InChI is InChI=1S/C22H24BrNO4S/c1-4-28-22(26)20-19-13(2)6-5-7-17(19)29-21(20)24-18(25)11-9-14-8-10-16(27-3)15(23)12-14/h8-13H,4-7H2,1-3H3,(H,24,25). The van der Waals surface area contributed by atoms with Crippen molar-refractivity contribution in [1.29, 1.82) is 0 Å². The number of halogens is 1. The summed E-state index contributed by atoms with van der Waals surface area (Å²) in [4.78, 5) is 26.3. The summed E-state index contributed by atoms with van der Waals surface area (Å²) in [5.41, 5.74) is 2.42. The zero-order valence-corrected chi connectivity index (χ0v) is 19.1. The summed E-state index contributed by atoms with van der Waals surface area (Å²) in [6, 6.07) is 5.57. The van der Waals surface area contributed by atoms with Crippen molar-refractivity contribution in [3.05, 3.63) is 50.3 Å². The minimum atomic E-state index is -0.364. The van der Waals surface area contributed by atoms with Gasteiger partial charge in [-0.05, 0) is 77.4 Å². The van der Waals surface area contributed by atoms with Gasteiger partial charge in [0.15, 0.2) is 0 Å². The van der Waals surface area contributed by atoms with E-state index in [9.17, 15) is 9.59 Å². The Morgan fingerprint density at radius 1 is 1.38 bits per heavy atom. The van der Waals surface area contributed by atoms with E-state index in [1.54, 1.807) is 20.1 Å². The zero-order chi connectivity index (χ0) is 21.0. The lowest BCUT2D eigenvalue weighted by molar-refractivity contribution is -0.111. The average molecular weight is 478 g/mol. The molecule has 0 saturated heterocycles. The molecule has 2 aromatic rings. The molecule has 1 atom stereocenters. The SMILES string of the molecule is CCOC(=O)c1c(NC(=O)C=Cc2ccc(OC)c(Br)c2)sc2c1C(C)CCC2. The van der Waals surface area contributed by atoms with Crippen LogP contribution in [0.5, 0.6) is 5.75 Å². The second-order valence-corrected chi connectivity index (χ2v) is 8.83. The van der Waals surface area contributed by atoms with E-state index in [1.807, 2.05) is 18.2 Å². The van der Waals surface area contributed by atoms with Crippen LogP contribution in [0.15, 0.2) is 28.7 Å². The Morgan fingerprint density at radius 3 is 2.86 bits per heavy atom. The van der Waals surface area contributed by atoms with Gasteiger partial charge < -0.3 is 14.8 Å². The van der Waals surface area contributed by atoms with E-state index in [0.29, 0.717) is 17.2 Å². The number of fused-ring (bicyclic) bond motifs is 1. The first-order chi connectivity index (χ1) is 13.9. The topological polar surface area (TPSA) is 64.6 Å². The third-order valence-corrected chi connectivity index (χ3v) is 6.68. The molecule has 1 aromatic heterocycles. The number of aryl methyl sites for hydroxylation is 1. The van der Waals surface area contributed by atoms with Crippen LogP contribution in [0.4, 0.5) is 5.00 Å². The maximum absolute atomic E-state index is 12.6. The molecule has 0 fully saturated rings. The lowest BCUT2D eigenvalue weighted by atomic mass is 9.86. The number of esters is 1. The van der Waals surface area contributed by atoms with E-state index in [1.165, 1.54) is 22.3 Å². The number of carbonyl (C=O) groups is 2. The van der Waals surface area contributed by atoms with E-state index in [4.69, 9.17) is 9.47 Å². The van der Waals surface area contributed by atoms with Gasteiger partial charge in [0.05, 0.1) is 23.8 Å². The Morgan fingerprint density at radius 2 is 2.17 bits per heavy atom. The maximum Gasteiger partial charge on any atom is 0.341 e. The molecule has 1 N–H and O–H groups in total. The van der Waals surface area contributed by atoms with Gasteiger partial charge in [-0.25, -0.2) is 4.79 Å². The van der Waals surface area contributed by atoms with Crippen LogP contribution in [0.2, 0.25) is 0 Å². The molecule has 29 heavy (non-hydrogen) atoms. The molecule has 0 aliphatic heterocycles. The third kappa shape index (κ3) is 4.90. The first-order valence-corrected chi connectivity index (χ1v) is 11.2. The van der Waals surface area contributed by atoms with Crippen molar-refractivity contribution in [1.82, 2.24) is 0 Å². The number of amides is 1. The number of hydrogen-bond donors (Lipinski definition) is 1. The fourth-order valence-electron chi connectivity index (χ4n) is 3.52. The minimum absolute atomic E-state index is 0.284. The number of nitrogens with one attached hydrogen (secondary N) is 1. The summed E-state index contributed by atoms with van der Waals surface area (Å²) in [6.07, 6.45) is 6.25. The number of rotatable bonds is 6. The maximum atomic E-state index is 12.6. The van der Waals surface area contributed by atoms with Crippen molar-refractivity contribution >= 4 is 50.2 Å². The number of hydrogen-bond acceptors (Lipinski definition) is 5. The smallest absolute Gasteiger partial charge is 0.341 e. The van der Waals surface area contributed by atoms with E-state index in [-0.39, 0.29) is 17.8 Å². The van der Waals surface area contributed by atoms with Crippen molar-refractivity contribution in [3.8, 4) is 5.75 Å². The van der Waals surface area contributed by atoms with E-state index in [2.05, 4.69) is 28.2 Å². The summed E-state index contributed by atoms with van der Waals surface area (Å²) >= 11 is 4.92. The second kappa shape index (κ2) is 9.59. The highest BCUT2D eigenvalue weighted by atomic mass is 79.9. The Kier molecular flexibility index (Phi) is 7.14. The minimum Gasteiger partial charge on any atom is -0.496 e. The molecule has 0 radical (unpaired) electrons. The van der Waals surface area contributed by atoms with Crippen LogP contribution in [0.3, 0.4) is 0 Å². The fraction of sp³-hybridized carbons (Fsp3) is 0.364. The van der Waals surface area contributed by atoms with E-state index in [0.717, 1.165) is 40.6 Å². The van der Waals surface area contributed by atoms with Crippen LogP contribution < -0.4 is 10.1 Å². The number of anilines is 1. The molecule has 1 amide bonds. The molecule has 1 aliphatic carbocycles. The summed E-state index contributed by atoms with van der Waals surface area (Å²) < 4.78 is 11.3. The molecule has 3 rings (SSSR count). The van der Waals surface area contributed by atoms with E-state index >= 15 is 0 Å². The third-order valence-electron chi connectivity index (χ3n) is 4.88. The molecule has 7 heteroatoms. The molecule has 1 heterocycles. The van der Waals surface area contributed by atoms with Gasteiger partial charge >= 0.3 is 5.97 Å². The number of thiophene rings is 1. The second-order valence-electron chi connectivity index (χ2n) is 6.87. The Bertz CT molecular complexity index is 951. The lowest BCUT2D eigenvalue weighted by Gasteiger charge is -2.19. The normalized spacial score (nSPS) is 15.8. The van der Waals surface area contributed by atoms with Gasteiger partial charge in [-0.3, -0.25) is 4.79 Å². The van der Waals surface area contributed by atoms with Gasteiger partial charge in [0.25, 0.3) is 0 Å². The van der Waals surface area contributed by atoms with Crippen LogP contribution >= 0.6 is 27.3 Å². The highest BCUT2D eigenvalue weighted by molar-refractivity contribution is 9.10. The highest BCUT2D eigenvalue weighted by Gasteiger charge is 2.30. The van der Waals surface area contributed by atoms with E-state index < -0.39 is 0 Å². The Balaban J connectivity index is 1.83. The van der Waals surface area contributed by atoms with Crippen molar-refractivity contribution in [2.45, 2.75) is 39.0 Å². The zero-order valence-electron chi connectivity index (χ0n) is 16.7. The van der Waals surface area contributed by atoms with Crippen LogP contribution in [0.1, 0.15) is 59.0 Å². The number of benzene rings is 1. The predicted molar refractivity (Wildman–Crippen MR) is 120 cm³/mol. The fourth-order valence-corrected chi connectivity index (χ4v) is 5.43. The summed E-state index contributed by atoms with van der Waals surface area (Å²) in [7, 11) is 1.60. The van der Waals surface area contributed by atoms with Crippen LogP contribution in [-0.4, -0.2) is 25.6 Å². The predicted octanol–water partition coefficient (Wildman–Crippen LogP) is 5.79. The van der Waals surface area contributed by atoms with Crippen LogP contribution in [-0.2, 0) is 16.0 Å². The van der Waals surface area contributed by atoms with Gasteiger partial charge in [0.2, 0.25) is 5.91 Å². The average Bonchev–Trinajstić information content (AvgIpc) is 3.06. The molecule has 0 saturated carbocycles. The largest absolute Gasteiger partial charge is 0.496 e. The molecular formula is C22H24BrNO4S. The lowest BCUT2D eigenvalue weighted by Crippen LogP contribution is -2.15. The number of methoxy groups -OCH3 is 1. The van der Waals surface area contributed by atoms with Crippen LogP contribution in [0, 0.1) is 0 Å². The quantitative estimate of drug-likeness (QED) is 0.422. The Labute approximate surface area is 183 Å². The van der Waals surface area contributed by atoms with Gasteiger partial charge in [-0.1, -0.05) is 13.0 Å². The van der Waals surface area contributed by atoms with Crippen molar-refractivity contribution < 1.29 is 19.1 Å². The van der Waals surface area contributed by atoms with Crippen LogP contribution in [0.25, 0.3) is 6.08 Å². The molecular weight excluding hydrogens is 454 g/mol. The molecule has 154 valence electrons. The van der Waals surface area contributed by atoms with Crippen molar-refractivity contribution in [2.75, 3.05) is 19.0 Å². The summed E-state index contributed by atoms with van der Waals surface area (Å²) in [5, 5.41) is 3.47. The highest BCUT2D eigenvalue weighted by Crippen LogP contribution is 2.43. The summed E-state index contributed by atoms with van der Waals surface area (Å²) in [6.45, 7) is 4.21. The Hall–Kier alpha value is -2.12. The molecule has 1 aromatic carbocycles. The van der Waals surface area contributed by atoms with Gasteiger partial charge in [-0.2, -0.15) is 0 Å². The number of ether oxygens (including phenoxy) is 2. The van der Waals surface area contributed by atoms with Crippen molar-refractivity contribution in [2.24, 2.45) is 0 Å². The monoisotopic (exact) mass is 477 g/mol. The van der Waals surface area contributed by atoms with Gasteiger partial charge in [0, 0.05) is 11.0 Å².